The fraction of sp³-hybridized carbons (Fsp3) is 0.588. The van der Waals surface area contributed by atoms with Crippen LogP contribution in [0.3, 0.4) is 0 Å². The smallest absolute Gasteiger partial charge is 0.249 e. The quantitative estimate of drug-likeness (QED) is 0.781. The molecule has 1 fully saturated rings. The molecule has 4 N–H and O–H groups in total. The number of hydrogen-bond donors (Lipinski definition) is 3. The van der Waals surface area contributed by atoms with Crippen molar-refractivity contribution < 1.29 is 4.79 Å². The molecule has 0 aromatic heterocycles. The molecule has 2 rings (SSSR count). The predicted octanol–water partition coefficient (Wildman–Crippen LogP) is 2.82. The van der Waals surface area contributed by atoms with Gasteiger partial charge in [0, 0.05) is 23.3 Å². The summed E-state index contributed by atoms with van der Waals surface area (Å²) < 4.78 is 0. The Morgan fingerprint density at radius 2 is 2.24 bits per heavy atom. The molecule has 0 radical (unpaired) electrons. The van der Waals surface area contributed by atoms with E-state index in [4.69, 9.17) is 5.73 Å². The number of amides is 1. The van der Waals surface area contributed by atoms with Gasteiger partial charge in [0.25, 0.3) is 0 Å². The Kier molecular flexibility index (Phi) is 5.62. The van der Waals surface area contributed by atoms with Gasteiger partial charge >= 0.3 is 0 Å². The number of primary amides is 1. The highest BCUT2D eigenvalue weighted by molar-refractivity contribution is 5.95. The van der Waals surface area contributed by atoms with Crippen molar-refractivity contribution in [3.8, 4) is 0 Å². The lowest BCUT2D eigenvalue weighted by Gasteiger charge is -2.23. The van der Waals surface area contributed by atoms with Gasteiger partial charge in [0.15, 0.2) is 0 Å². The zero-order chi connectivity index (χ0) is 15.2. The average molecular weight is 289 g/mol. The average Bonchev–Trinajstić information content (AvgIpc) is 2.69. The van der Waals surface area contributed by atoms with Crippen molar-refractivity contribution in [1.29, 1.82) is 0 Å². The summed E-state index contributed by atoms with van der Waals surface area (Å²) in [5.74, 6) is -0.366. The van der Waals surface area contributed by atoms with E-state index in [9.17, 15) is 4.79 Å². The van der Waals surface area contributed by atoms with Gasteiger partial charge in [0.05, 0.1) is 0 Å². The van der Waals surface area contributed by atoms with Gasteiger partial charge in [-0.1, -0.05) is 18.9 Å². The second-order valence-electron chi connectivity index (χ2n) is 6.12. The fourth-order valence-electron chi connectivity index (χ4n) is 3.11. The van der Waals surface area contributed by atoms with E-state index in [-0.39, 0.29) is 5.91 Å². The molecule has 1 aliphatic rings. The molecule has 21 heavy (non-hydrogen) atoms. The van der Waals surface area contributed by atoms with Crippen molar-refractivity contribution in [2.24, 2.45) is 5.73 Å². The van der Waals surface area contributed by atoms with Crippen LogP contribution in [0.1, 0.15) is 54.9 Å². The minimum Gasteiger partial charge on any atom is -0.382 e. The summed E-state index contributed by atoms with van der Waals surface area (Å²) in [4.78, 5) is 11.4. The van der Waals surface area contributed by atoms with E-state index in [0.717, 1.165) is 24.2 Å². The van der Waals surface area contributed by atoms with Gasteiger partial charge in [-0.2, -0.15) is 0 Å². The van der Waals surface area contributed by atoms with E-state index in [1.807, 2.05) is 19.1 Å². The Bertz CT molecular complexity index is 479. The molecular formula is C17H27N3O. The maximum atomic E-state index is 11.4. The summed E-state index contributed by atoms with van der Waals surface area (Å²) in [6, 6.07) is 6.63. The molecule has 2 atom stereocenters. The number of nitrogens with two attached hydrogens (primary N) is 1. The van der Waals surface area contributed by atoms with Gasteiger partial charge in [-0.25, -0.2) is 0 Å². The summed E-state index contributed by atoms with van der Waals surface area (Å²) in [7, 11) is 0. The van der Waals surface area contributed by atoms with E-state index < -0.39 is 0 Å². The van der Waals surface area contributed by atoms with E-state index in [1.165, 1.54) is 25.7 Å². The SMILES string of the molecule is Cc1c(NC(C)CC2CCCCCN2)cccc1C(N)=O. The zero-order valence-electron chi connectivity index (χ0n) is 13.1. The van der Waals surface area contributed by atoms with Gasteiger partial charge in [-0.05, 0) is 57.4 Å². The molecule has 2 unspecified atom stereocenters. The Balaban J connectivity index is 1.97. The molecule has 116 valence electrons. The molecule has 4 heteroatoms. The van der Waals surface area contributed by atoms with Crippen molar-refractivity contribution in [2.75, 3.05) is 11.9 Å². The second kappa shape index (κ2) is 7.46. The summed E-state index contributed by atoms with van der Waals surface area (Å²) in [5, 5.41) is 7.15. The first-order valence-electron chi connectivity index (χ1n) is 7.97. The normalized spacial score (nSPS) is 20.6. The van der Waals surface area contributed by atoms with Crippen molar-refractivity contribution in [3.63, 3.8) is 0 Å². The van der Waals surface area contributed by atoms with Crippen LogP contribution in [-0.2, 0) is 0 Å². The van der Waals surface area contributed by atoms with Gasteiger partial charge < -0.3 is 16.4 Å². The van der Waals surface area contributed by atoms with Crippen molar-refractivity contribution in [1.82, 2.24) is 5.32 Å². The van der Waals surface area contributed by atoms with Crippen LogP contribution < -0.4 is 16.4 Å². The van der Waals surface area contributed by atoms with Gasteiger partial charge in [-0.3, -0.25) is 4.79 Å². The molecule has 1 aromatic rings. The highest BCUT2D eigenvalue weighted by Crippen LogP contribution is 2.21. The lowest BCUT2D eigenvalue weighted by Crippen LogP contribution is -2.33. The second-order valence-corrected chi connectivity index (χ2v) is 6.12. The van der Waals surface area contributed by atoms with Crippen LogP contribution in [0, 0.1) is 6.92 Å². The first kappa shape index (κ1) is 15.8. The highest BCUT2D eigenvalue weighted by Gasteiger charge is 2.16. The summed E-state index contributed by atoms with van der Waals surface area (Å²) in [6.07, 6.45) is 6.30. The van der Waals surface area contributed by atoms with E-state index in [2.05, 4.69) is 17.6 Å². The van der Waals surface area contributed by atoms with Crippen LogP contribution in [-0.4, -0.2) is 24.5 Å². The van der Waals surface area contributed by atoms with Gasteiger partial charge in [0.2, 0.25) is 5.91 Å². The number of nitrogens with one attached hydrogen (secondary N) is 2. The third-order valence-corrected chi connectivity index (χ3v) is 4.30. The molecule has 4 nitrogen and oxygen atoms in total. The monoisotopic (exact) mass is 289 g/mol. The molecule has 1 aromatic carbocycles. The minimum absolute atomic E-state index is 0.363. The number of anilines is 1. The first-order chi connectivity index (χ1) is 10.1. The minimum atomic E-state index is -0.366. The van der Waals surface area contributed by atoms with Crippen LogP contribution in [0.5, 0.6) is 0 Å². The Morgan fingerprint density at radius 3 is 3.00 bits per heavy atom. The van der Waals surface area contributed by atoms with E-state index in [0.29, 0.717) is 17.6 Å². The Morgan fingerprint density at radius 1 is 1.43 bits per heavy atom. The number of benzene rings is 1. The largest absolute Gasteiger partial charge is 0.382 e. The van der Waals surface area contributed by atoms with Crippen molar-refractivity contribution in [3.05, 3.63) is 29.3 Å². The summed E-state index contributed by atoms with van der Waals surface area (Å²) in [5.41, 5.74) is 7.94. The van der Waals surface area contributed by atoms with Crippen molar-refractivity contribution >= 4 is 11.6 Å². The molecule has 1 heterocycles. The summed E-state index contributed by atoms with van der Waals surface area (Å²) in [6.45, 7) is 5.27. The molecule has 1 amide bonds. The molecule has 0 aliphatic carbocycles. The van der Waals surface area contributed by atoms with Crippen LogP contribution in [0.2, 0.25) is 0 Å². The maximum Gasteiger partial charge on any atom is 0.249 e. The van der Waals surface area contributed by atoms with E-state index in [1.54, 1.807) is 6.07 Å². The first-order valence-corrected chi connectivity index (χ1v) is 7.97. The van der Waals surface area contributed by atoms with Crippen LogP contribution in [0.15, 0.2) is 18.2 Å². The summed E-state index contributed by atoms with van der Waals surface area (Å²) >= 11 is 0. The molecule has 1 saturated heterocycles. The van der Waals surface area contributed by atoms with Crippen LogP contribution >= 0.6 is 0 Å². The maximum absolute atomic E-state index is 11.4. The standard InChI is InChI=1S/C17H27N3O/c1-12(11-14-7-4-3-5-10-19-14)20-16-9-6-8-15(13(16)2)17(18)21/h6,8-9,12,14,19-20H,3-5,7,10-11H2,1-2H3,(H2,18,21). The number of carbonyl (C=O) groups is 1. The predicted molar refractivity (Wildman–Crippen MR) is 87.7 cm³/mol. The lowest BCUT2D eigenvalue weighted by atomic mass is 10.0. The molecule has 0 saturated carbocycles. The lowest BCUT2D eigenvalue weighted by molar-refractivity contribution is 0.0999. The molecular weight excluding hydrogens is 262 g/mol. The number of hydrogen-bond acceptors (Lipinski definition) is 3. The van der Waals surface area contributed by atoms with Crippen molar-refractivity contribution in [2.45, 2.75) is 58.0 Å². The Labute approximate surface area is 127 Å². The van der Waals surface area contributed by atoms with E-state index >= 15 is 0 Å². The fourth-order valence-corrected chi connectivity index (χ4v) is 3.11. The van der Waals surface area contributed by atoms with Gasteiger partial charge in [0.1, 0.15) is 0 Å². The topological polar surface area (TPSA) is 67.2 Å². The zero-order valence-corrected chi connectivity index (χ0v) is 13.1. The number of rotatable bonds is 5. The van der Waals surface area contributed by atoms with Crippen LogP contribution in [0.25, 0.3) is 0 Å². The highest BCUT2D eigenvalue weighted by atomic mass is 16.1. The van der Waals surface area contributed by atoms with Gasteiger partial charge in [-0.15, -0.1) is 0 Å². The number of carbonyl (C=O) groups excluding carboxylic acids is 1. The molecule has 1 aliphatic heterocycles. The van der Waals surface area contributed by atoms with Crippen LogP contribution in [0.4, 0.5) is 5.69 Å². The Hall–Kier alpha value is -1.55. The molecule has 0 bridgehead atoms. The third-order valence-electron chi connectivity index (χ3n) is 4.30. The molecule has 0 spiro atoms. The third kappa shape index (κ3) is 4.46.